The standard InChI is InChI=1S/C6H10O5/c7-2-1-10-6-4(9)3(8)5(2)11-6/h2-9H,1H2/t2-,3-,4+,5+,6+/m0/s1. The van der Waals surface area contributed by atoms with Crippen molar-refractivity contribution >= 4 is 0 Å². The molecule has 2 aliphatic rings. The number of hydrogen-bond donors (Lipinski definition) is 3. The molecule has 0 amide bonds. The quantitative estimate of drug-likeness (QED) is 0.377. The fourth-order valence-corrected chi connectivity index (χ4v) is 1.42. The molecule has 5 nitrogen and oxygen atoms in total. The molecule has 0 aromatic carbocycles. The fraction of sp³-hybridized carbons (Fsp3) is 1.00. The van der Waals surface area contributed by atoms with Gasteiger partial charge >= 0.3 is 0 Å². The van der Waals surface area contributed by atoms with E-state index in [1.54, 1.807) is 0 Å². The monoisotopic (exact) mass is 162 g/mol. The molecule has 2 saturated heterocycles. The van der Waals surface area contributed by atoms with E-state index in [0.717, 1.165) is 0 Å². The van der Waals surface area contributed by atoms with Crippen LogP contribution in [-0.2, 0) is 9.47 Å². The molecular weight excluding hydrogens is 152 g/mol. The molecular formula is C6H10O5. The van der Waals surface area contributed by atoms with Crippen LogP contribution in [0.1, 0.15) is 0 Å². The van der Waals surface area contributed by atoms with Gasteiger partial charge in [-0.05, 0) is 0 Å². The van der Waals surface area contributed by atoms with Crippen molar-refractivity contribution in [2.45, 2.75) is 30.7 Å². The first kappa shape index (κ1) is 7.45. The van der Waals surface area contributed by atoms with Gasteiger partial charge in [0.15, 0.2) is 6.29 Å². The molecule has 2 aliphatic heterocycles. The summed E-state index contributed by atoms with van der Waals surface area (Å²) in [6.45, 7) is 0.115. The minimum absolute atomic E-state index is 0.115. The maximum absolute atomic E-state index is 9.22. The molecule has 0 aromatic heterocycles. The SMILES string of the molecule is O[C@H]1[C@@H]2OC[C@H](O)[C@@H](O2)[C@H]1O. The zero-order chi connectivity index (χ0) is 8.01. The smallest absolute Gasteiger partial charge is 0.186 e. The topological polar surface area (TPSA) is 79.2 Å². The van der Waals surface area contributed by atoms with Gasteiger partial charge in [0.1, 0.15) is 24.4 Å². The van der Waals surface area contributed by atoms with E-state index in [9.17, 15) is 10.2 Å². The third-order valence-corrected chi connectivity index (χ3v) is 2.07. The van der Waals surface area contributed by atoms with Gasteiger partial charge in [0.25, 0.3) is 0 Å². The number of aliphatic hydroxyl groups excluding tert-OH is 3. The summed E-state index contributed by atoms with van der Waals surface area (Å²) in [5, 5.41) is 27.6. The van der Waals surface area contributed by atoms with Gasteiger partial charge in [-0.25, -0.2) is 0 Å². The van der Waals surface area contributed by atoms with Crippen LogP contribution < -0.4 is 0 Å². The lowest BCUT2D eigenvalue weighted by molar-refractivity contribution is -0.233. The van der Waals surface area contributed by atoms with Crippen molar-refractivity contribution in [3.63, 3.8) is 0 Å². The van der Waals surface area contributed by atoms with Gasteiger partial charge in [0.2, 0.25) is 0 Å². The van der Waals surface area contributed by atoms with Crippen LogP contribution in [0.25, 0.3) is 0 Å². The van der Waals surface area contributed by atoms with Crippen LogP contribution in [-0.4, -0.2) is 52.6 Å². The van der Waals surface area contributed by atoms with Crippen LogP contribution in [0.5, 0.6) is 0 Å². The van der Waals surface area contributed by atoms with Crippen molar-refractivity contribution in [3.05, 3.63) is 0 Å². The first-order chi connectivity index (χ1) is 5.20. The summed E-state index contributed by atoms with van der Waals surface area (Å²) < 4.78 is 9.84. The second-order valence-electron chi connectivity index (χ2n) is 2.85. The Morgan fingerprint density at radius 2 is 1.82 bits per heavy atom. The second kappa shape index (κ2) is 2.40. The fourth-order valence-electron chi connectivity index (χ4n) is 1.42. The van der Waals surface area contributed by atoms with Gasteiger partial charge in [-0.1, -0.05) is 0 Å². The maximum Gasteiger partial charge on any atom is 0.186 e. The molecule has 5 heteroatoms. The normalized spacial score (nSPS) is 56.5. The molecule has 0 radical (unpaired) electrons. The molecule has 0 aliphatic carbocycles. The Balaban J connectivity index is 2.16. The Kier molecular flexibility index (Phi) is 1.62. The van der Waals surface area contributed by atoms with Crippen molar-refractivity contribution in [1.82, 2.24) is 0 Å². The van der Waals surface area contributed by atoms with Crippen molar-refractivity contribution in [2.24, 2.45) is 0 Å². The van der Waals surface area contributed by atoms with E-state index in [1.165, 1.54) is 0 Å². The van der Waals surface area contributed by atoms with Crippen LogP contribution in [0.2, 0.25) is 0 Å². The van der Waals surface area contributed by atoms with E-state index in [4.69, 9.17) is 14.6 Å². The van der Waals surface area contributed by atoms with Crippen LogP contribution in [0.3, 0.4) is 0 Å². The average Bonchev–Trinajstić information content (AvgIpc) is 2.24. The summed E-state index contributed by atoms with van der Waals surface area (Å²) in [5.74, 6) is 0. The highest BCUT2D eigenvalue weighted by molar-refractivity contribution is 4.93. The lowest BCUT2D eigenvalue weighted by Crippen LogP contribution is -2.41. The first-order valence-electron chi connectivity index (χ1n) is 3.51. The van der Waals surface area contributed by atoms with Crippen LogP contribution in [0.15, 0.2) is 0 Å². The van der Waals surface area contributed by atoms with E-state index in [0.29, 0.717) is 0 Å². The molecule has 2 fully saturated rings. The minimum Gasteiger partial charge on any atom is -0.388 e. The molecule has 11 heavy (non-hydrogen) atoms. The van der Waals surface area contributed by atoms with Gasteiger partial charge in [-0.2, -0.15) is 0 Å². The lowest BCUT2D eigenvalue weighted by Gasteiger charge is -2.25. The third kappa shape index (κ3) is 0.969. The zero-order valence-corrected chi connectivity index (χ0v) is 5.75. The molecule has 2 heterocycles. The minimum atomic E-state index is -1.03. The van der Waals surface area contributed by atoms with Gasteiger partial charge in [0.05, 0.1) is 6.61 Å². The number of hydrogen-bond acceptors (Lipinski definition) is 5. The summed E-state index contributed by atoms with van der Waals surface area (Å²) in [4.78, 5) is 0. The molecule has 64 valence electrons. The van der Waals surface area contributed by atoms with Crippen molar-refractivity contribution in [2.75, 3.05) is 6.61 Å². The first-order valence-corrected chi connectivity index (χ1v) is 3.51. The van der Waals surface area contributed by atoms with Crippen LogP contribution >= 0.6 is 0 Å². The predicted octanol–water partition coefficient (Wildman–Crippen LogP) is -2.18. The van der Waals surface area contributed by atoms with Gasteiger partial charge in [0, 0.05) is 0 Å². The Hall–Kier alpha value is -0.200. The Labute approximate surface area is 63.2 Å². The summed E-state index contributed by atoms with van der Waals surface area (Å²) in [6.07, 6.45) is -4.35. The predicted molar refractivity (Wildman–Crippen MR) is 32.6 cm³/mol. The Morgan fingerprint density at radius 3 is 2.45 bits per heavy atom. The number of aliphatic hydroxyl groups is 3. The highest BCUT2D eigenvalue weighted by atomic mass is 16.7. The Bertz CT molecular complexity index is 161. The van der Waals surface area contributed by atoms with E-state index in [-0.39, 0.29) is 6.61 Å². The van der Waals surface area contributed by atoms with Gasteiger partial charge < -0.3 is 24.8 Å². The number of ether oxygens (including phenoxy) is 2. The van der Waals surface area contributed by atoms with E-state index in [2.05, 4.69) is 0 Å². The second-order valence-corrected chi connectivity index (χ2v) is 2.85. The molecule has 5 atom stereocenters. The number of rotatable bonds is 0. The largest absolute Gasteiger partial charge is 0.388 e. The maximum atomic E-state index is 9.22. The molecule has 0 spiro atoms. The molecule has 2 rings (SSSR count). The van der Waals surface area contributed by atoms with Crippen molar-refractivity contribution in [1.29, 1.82) is 0 Å². The summed E-state index contributed by atoms with van der Waals surface area (Å²) >= 11 is 0. The third-order valence-electron chi connectivity index (χ3n) is 2.07. The highest BCUT2D eigenvalue weighted by Crippen LogP contribution is 2.28. The van der Waals surface area contributed by atoms with Crippen molar-refractivity contribution in [3.8, 4) is 0 Å². The highest BCUT2D eigenvalue weighted by Gasteiger charge is 2.50. The van der Waals surface area contributed by atoms with E-state index >= 15 is 0 Å². The van der Waals surface area contributed by atoms with E-state index in [1.807, 2.05) is 0 Å². The van der Waals surface area contributed by atoms with Crippen LogP contribution in [0.4, 0.5) is 0 Å². The molecule has 0 saturated carbocycles. The molecule has 0 aromatic rings. The number of fused-ring (bicyclic) bond motifs is 2. The van der Waals surface area contributed by atoms with E-state index < -0.39 is 30.7 Å². The summed E-state index contributed by atoms with van der Waals surface area (Å²) in [5.41, 5.74) is 0. The Morgan fingerprint density at radius 1 is 1.09 bits per heavy atom. The molecule has 3 N–H and O–H groups in total. The summed E-state index contributed by atoms with van der Waals surface area (Å²) in [6, 6.07) is 0. The van der Waals surface area contributed by atoms with Gasteiger partial charge in [-0.15, -0.1) is 0 Å². The zero-order valence-electron chi connectivity index (χ0n) is 5.75. The molecule has 2 bridgehead atoms. The molecule has 0 unspecified atom stereocenters. The average molecular weight is 162 g/mol. The van der Waals surface area contributed by atoms with Gasteiger partial charge in [-0.3, -0.25) is 0 Å². The van der Waals surface area contributed by atoms with Crippen LogP contribution in [0, 0.1) is 0 Å². The van der Waals surface area contributed by atoms with Crippen molar-refractivity contribution < 1.29 is 24.8 Å². The lowest BCUT2D eigenvalue weighted by atomic mass is 10.1. The summed E-state index contributed by atoms with van der Waals surface area (Å²) in [7, 11) is 0.